The number of aromatic nitrogens is 2. The lowest BCUT2D eigenvalue weighted by molar-refractivity contribution is 1.21. The molecule has 0 amide bonds. The van der Waals surface area contributed by atoms with Crippen molar-refractivity contribution < 1.29 is 0 Å². The zero-order valence-corrected chi connectivity index (χ0v) is 18.8. The minimum atomic E-state index is 0.961. The van der Waals surface area contributed by atoms with Crippen LogP contribution in [0.2, 0.25) is 0 Å². The minimum Gasteiger partial charge on any atom is -0.310 e. The molecule has 0 bridgehead atoms. The number of pyridine rings is 2. The minimum absolute atomic E-state index is 0.961. The molecule has 0 aliphatic carbocycles. The number of para-hydroxylation sites is 1. The lowest BCUT2D eigenvalue weighted by Gasteiger charge is -2.29. The molecule has 3 nitrogen and oxygen atoms in total. The van der Waals surface area contributed by atoms with Crippen molar-refractivity contribution in [1.82, 2.24) is 9.97 Å². The second-order valence-corrected chi connectivity index (χ2v) is 8.11. The molecule has 2 heterocycles. The quantitative estimate of drug-likeness (QED) is 0.285. The van der Waals surface area contributed by atoms with Crippen molar-refractivity contribution in [3.05, 3.63) is 127 Å². The van der Waals surface area contributed by atoms with Crippen LogP contribution < -0.4 is 4.90 Å². The third-order valence-corrected chi connectivity index (χ3v) is 5.79. The van der Waals surface area contributed by atoms with Crippen molar-refractivity contribution in [1.29, 1.82) is 0 Å². The Morgan fingerprint density at radius 3 is 1.45 bits per heavy atom. The molecule has 0 radical (unpaired) electrons. The third kappa shape index (κ3) is 4.26. The summed E-state index contributed by atoms with van der Waals surface area (Å²) < 4.78 is 0. The summed E-state index contributed by atoms with van der Waals surface area (Å²) in [6.45, 7) is 4.33. The van der Waals surface area contributed by atoms with Crippen LogP contribution in [0, 0.1) is 13.8 Å². The Morgan fingerprint density at radius 2 is 1.00 bits per heavy atom. The van der Waals surface area contributed by atoms with Gasteiger partial charge in [0.2, 0.25) is 0 Å². The van der Waals surface area contributed by atoms with Gasteiger partial charge in [-0.15, -0.1) is 0 Å². The van der Waals surface area contributed by atoms with Gasteiger partial charge in [-0.1, -0.05) is 54.6 Å². The topological polar surface area (TPSA) is 29.0 Å². The summed E-state index contributed by atoms with van der Waals surface area (Å²) in [5, 5.41) is 0. The van der Waals surface area contributed by atoms with E-state index >= 15 is 0 Å². The molecule has 0 aliphatic rings. The zero-order chi connectivity index (χ0) is 22.6. The molecular weight excluding hydrogens is 402 g/mol. The fraction of sp³-hybridized carbons (Fsp3) is 0.0667. The van der Waals surface area contributed by atoms with Crippen molar-refractivity contribution >= 4 is 17.1 Å². The van der Waals surface area contributed by atoms with E-state index in [0.29, 0.717) is 0 Å². The third-order valence-electron chi connectivity index (χ3n) is 5.79. The number of benzene rings is 3. The fourth-order valence-electron chi connectivity index (χ4n) is 4.24. The summed E-state index contributed by atoms with van der Waals surface area (Å²) >= 11 is 0. The highest BCUT2D eigenvalue weighted by atomic mass is 15.1. The maximum absolute atomic E-state index is 4.56. The second-order valence-electron chi connectivity index (χ2n) is 8.11. The van der Waals surface area contributed by atoms with E-state index in [9.17, 15) is 0 Å². The van der Waals surface area contributed by atoms with E-state index in [0.717, 1.165) is 33.9 Å². The number of hydrogen-bond acceptors (Lipinski definition) is 3. The molecule has 0 fully saturated rings. The lowest BCUT2D eigenvalue weighted by atomic mass is 10.0. The molecule has 0 saturated heterocycles. The average Bonchev–Trinajstić information content (AvgIpc) is 2.87. The average molecular weight is 428 g/mol. The predicted octanol–water partition coefficient (Wildman–Crippen LogP) is 7.90. The molecule has 0 spiro atoms. The first-order valence-corrected chi connectivity index (χ1v) is 11.1. The Hall–Kier alpha value is -4.24. The molecule has 0 aliphatic heterocycles. The number of nitrogens with zero attached hydrogens (tertiary/aromatic N) is 3. The Kier molecular flexibility index (Phi) is 5.69. The summed E-state index contributed by atoms with van der Waals surface area (Å²) in [5.41, 5.74) is 9.92. The van der Waals surface area contributed by atoms with Crippen molar-refractivity contribution in [2.75, 3.05) is 4.90 Å². The van der Waals surface area contributed by atoms with Gasteiger partial charge in [-0.2, -0.15) is 0 Å². The van der Waals surface area contributed by atoms with E-state index in [1.165, 1.54) is 16.8 Å². The molecule has 5 aromatic rings. The van der Waals surface area contributed by atoms with Crippen LogP contribution in [0.4, 0.5) is 17.1 Å². The van der Waals surface area contributed by atoms with Gasteiger partial charge in [-0.25, -0.2) is 0 Å². The first kappa shape index (κ1) is 20.7. The van der Waals surface area contributed by atoms with Gasteiger partial charge in [0.05, 0.1) is 17.1 Å². The molecule has 3 aromatic carbocycles. The predicted molar refractivity (Wildman–Crippen MR) is 137 cm³/mol. The summed E-state index contributed by atoms with van der Waals surface area (Å²) in [7, 11) is 0. The molecule has 0 N–H and O–H groups in total. The zero-order valence-electron chi connectivity index (χ0n) is 18.8. The van der Waals surface area contributed by atoms with Crippen molar-refractivity contribution in [3.8, 4) is 22.5 Å². The SMILES string of the molecule is Cc1cccc(C)c1N(c1cccc(-c2ccccn2)c1)c1cccc(-c2ccccn2)c1. The Morgan fingerprint density at radius 1 is 0.515 bits per heavy atom. The number of aryl methyl sites for hydroxylation is 2. The van der Waals surface area contributed by atoms with Crippen molar-refractivity contribution in [2.45, 2.75) is 13.8 Å². The molecule has 33 heavy (non-hydrogen) atoms. The van der Waals surface area contributed by atoms with E-state index in [-0.39, 0.29) is 0 Å². The smallest absolute Gasteiger partial charge is 0.0702 e. The highest BCUT2D eigenvalue weighted by Crippen LogP contribution is 2.40. The molecule has 2 aromatic heterocycles. The van der Waals surface area contributed by atoms with E-state index in [1.807, 2.05) is 48.8 Å². The van der Waals surface area contributed by atoms with Crippen LogP contribution in [0.1, 0.15) is 11.1 Å². The summed E-state index contributed by atoms with van der Waals surface area (Å²) in [6.07, 6.45) is 3.67. The van der Waals surface area contributed by atoms with Gasteiger partial charge < -0.3 is 4.90 Å². The largest absolute Gasteiger partial charge is 0.310 e. The Bertz CT molecular complexity index is 1280. The van der Waals surface area contributed by atoms with Gasteiger partial charge in [-0.3, -0.25) is 9.97 Å². The maximum atomic E-state index is 4.56. The van der Waals surface area contributed by atoms with Gasteiger partial charge in [0.25, 0.3) is 0 Å². The molecular formula is C30H25N3. The van der Waals surface area contributed by atoms with Gasteiger partial charge in [-0.05, 0) is 73.5 Å². The molecule has 0 unspecified atom stereocenters. The normalized spacial score (nSPS) is 10.7. The van der Waals surface area contributed by atoms with Crippen LogP contribution in [0.15, 0.2) is 116 Å². The van der Waals surface area contributed by atoms with Crippen LogP contribution in [0.25, 0.3) is 22.5 Å². The van der Waals surface area contributed by atoms with Gasteiger partial charge in [0.15, 0.2) is 0 Å². The van der Waals surface area contributed by atoms with Crippen LogP contribution in [-0.4, -0.2) is 9.97 Å². The van der Waals surface area contributed by atoms with E-state index in [4.69, 9.17) is 0 Å². The lowest BCUT2D eigenvalue weighted by Crippen LogP contribution is -2.13. The molecule has 160 valence electrons. The molecule has 0 atom stereocenters. The second kappa shape index (κ2) is 9.09. The molecule has 5 rings (SSSR count). The van der Waals surface area contributed by atoms with Crippen LogP contribution in [0.3, 0.4) is 0 Å². The number of rotatable bonds is 5. The highest BCUT2D eigenvalue weighted by molar-refractivity contribution is 5.84. The van der Waals surface area contributed by atoms with Gasteiger partial charge in [0.1, 0.15) is 0 Å². The van der Waals surface area contributed by atoms with E-state index in [1.54, 1.807) is 0 Å². The van der Waals surface area contributed by atoms with Crippen molar-refractivity contribution in [2.24, 2.45) is 0 Å². The maximum Gasteiger partial charge on any atom is 0.0702 e. The number of anilines is 3. The summed E-state index contributed by atoms with van der Waals surface area (Å²) in [4.78, 5) is 11.5. The first-order chi connectivity index (χ1) is 16.2. The number of hydrogen-bond donors (Lipinski definition) is 0. The standard InChI is InChI=1S/C30H25N3/c1-22-10-7-11-23(2)30(22)33(26-14-8-12-24(20-26)28-16-3-5-18-31-28)27-15-9-13-25(21-27)29-17-4-6-19-32-29/h3-21H,1-2H3. The van der Waals surface area contributed by atoms with Crippen molar-refractivity contribution in [3.63, 3.8) is 0 Å². The van der Waals surface area contributed by atoms with Gasteiger partial charge >= 0.3 is 0 Å². The monoisotopic (exact) mass is 427 g/mol. The van der Waals surface area contributed by atoms with E-state index in [2.05, 4.69) is 95.4 Å². The van der Waals surface area contributed by atoms with Crippen LogP contribution >= 0.6 is 0 Å². The van der Waals surface area contributed by atoms with E-state index < -0.39 is 0 Å². The molecule has 0 saturated carbocycles. The van der Waals surface area contributed by atoms with Gasteiger partial charge in [0, 0.05) is 34.9 Å². The van der Waals surface area contributed by atoms with Crippen LogP contribution in [0.5, 0.6) is 0 Å². The molecule has 3 heteroatoms. The first-order valence-electron chi connectivity index (χ1n) is 11.1. The Labute approximate surface area is 195 Å². The summed E-state index contributed by atoms with van der Waals surface area (Å²) in [6, 6.07) is 35.6. The Balaban J connectivity index is 1.70. The highest BCUT2D eigenvalue weighted by Gasteiger charge is 2.18. The fourth-order valence-corrected chi connectivity index (χ4v) is 4.24. The summed E-state index contributed by atoms with van der Waals surface area (Å²) in [5.74, 6) is 0. The van der Waals surface area contributed by atoms with Crippen LogP contribution in [-0.2, 0) is 0 Å².